The van der Waals surface area contributed by atoms with Crippen molar-refractivity contribution in [2.75, 3.05) is 13.7 Å². The second-order valence-electron chi connectivity index (χ2n) is 4.67. The third-order valence-corrected chi connectivity index (χ3v) is 3.73. The Hall–Kier alpha value is -0.450. The highest BCUT2D eigenvalue weighted by molar-refractivity contribution is 9.10. The zero-order valence-corrected chi connectivity index (χ0v) is 13.5. The fourth-order valence-corrected chi connectivity index (χ4v) is 2.71. The number of nitrogens with one attached hydrogen (secondary N) is 1. The third kappa shape index (κ3) is 5.21. The first-order valence-corrected chi connectivity index (χ1v) is 7.61. The van der Waals surface area contributed by atoms with Crippen molar-refractivity contribution in [3.8, 4) is 0 Å². The van der Waals surface area contributed by atoms with E-state index in [4.69, 9.17) is 4.74 Å². The van der Waals surface area contributed by atoms with Crippen LogP contribution < -0.4 is 5.32 Å². The highest BCUT2D eigenvalue weighted by atomic mass is 79.9. The summed E-state index contributed by atoms with van der Waals surface area (Å²) < 4.78 is 20.3. The minimum atomic E-state index is -0.155. The molecule has 0 saturated heterocycles. The third-order valence-electron chi connectivity index (χ3n) is 3.24. The molecule has 1 rings (SSSR count). The summed E-state index contributed by atoms with van der Waals surface area (Å²) in [6.45, 7) is 5.04. The SMILES string of the molecule is CCCC(OC)C(Cc1cc(Br)ccc1F)NCC. The predicted molar refractivity (Wildman–Crippen MR) is 81.0 cm³/mol. The predicted octanol–water partition coefficient (Wildman–Crippen LogP) is 3.92. The summed E-state index contributed by atoms with van der Waals surface area (Å²) in [5, 5.41) is 3.41. The molecule has 0 heterocycles. The van der Waals surface area contributed by atoms with E-state index in [-0.39, 0.29) is 18.0 Å². The molecule has 4 heteroatoms. The summed E-state index contributed by atoms with van der Waals surface area (Å²) >= 11 is 3.39. The van der Waals surface area contributed by atoms with Gasteiger partial charge in [-0.1, -0.05) is 36.2 Å². The van der Waals surface area contributed by atoms with Gasteiger partial charge in [0, 0.05) is 17.6 Å². The number of methoxy groups -OCH3 is 1. The standard InChI is InChI=1S/C15H23BrFNO/c1-4-6-15(19-3)14(18-5-2)10-11-9-12(16)7-8-13(11)17/h7-9,14-15,18H,4-6,10H2,1-3H3. The number of rotatable bonds is 8. The quantitative estimate of drug-likeness (QED) is 0.779. The number of likely N-dealkylation sites (N-methyl/N-ethyl adjacent to an activating group) is 1. The molecule has 0 saturated carbocycles. The highest BCUT2D eigenvalue weighted by Gasteiger charge is 2.21. The average molecular weight is 332 g/mol. The lowest BCUT2D eigenvalue weighted by Gasteiger charge is -2.27. The Morgan fingerprint density at radius 1 is 1.37 bits per heavy atom. The van der Waals surface area contributed by atoms with Crippen LogP contribution in [0.15, 0.2) is 22.7 Å². The molecule has 2 nitrogen and oxygen atoms in total. The molecule has 0 fully saturated rings. The van der Waals surface area contributed by atoms with E-state index >= 15 is 0 Å². The smallest absolute Gasteiger partial charge is 0.126 e. The van der Waals surface area contributed by atoms with Gasteiger partial charge in [-0.3, -0.25) is 0 Å². The topological polar surface area (TPSA) is 21.3 Å². The summed E-state index contributed by atoms with van der Waals surface area (Å²) in [6.07, 6.45) is 2.78. The molecule has 108 valence electrons. The Morgan fingerprint density at radius 2 is 2.11 bits per heavy atom. The summed E-state index contributed by atoms with van der Waals surface area (Å²) in [5.74, 6) is -0.155. The van der Waals surface area contributed by atoms with Gasteiger partial charge in [0.05, 0.1) is 6.10 Å². The van der Waals surface area contributed by atoms with Crippen LogP contribution in [0.4, 0.5) is 4.39 Å². The number of benzene rings is 1. The number of ether oxygens (including phenoxy) is 1. The normalized spacial score (nSPS) is 14.4. The van der Waals surface area contributed by atoms with Gasteiger partial charge < -0.3 is 10.1 Å². The average Bonchev–Trinajstić information content (AvgIpc) is 2.39. The molecule has 2 atom stereocenters. The molecule has 0 aromatic heterocycles. The molecule has 0 amide bonds. The highest BCUT2D eigenvalue weighted by Crippen LogP contribution is 2.19. The maximum absolute atomic E-state index is 13.8. The largest absolute Gasteiger partial charge is 0.380 e. The van der Waals surface area contributed by atoms with E-state index in [1.54, 1.807) is 13.2 Å². The van der Waals surface area contributed by atoms with Gasteiger partial charge in [-0.05, 0) is 43.1 Å². The zero-order chi connectivity index (χ0) is 14.3. The van der Waals surface area contributed by atoms with E-state index in [2.05, 4.69) is 35.1 Å². The Bertz CT molecular complexity index is 386. The van der Waals surface area contributed by atoms with E-state index in [0.717, 1.165) is 29.4 Å². The van der Waals surface area contributed by atoms with Gasteiger partial charge >= 0.3 is 0 Å². The molecule has 0 aliphatic carbocycles. The van der Waals surface area contributed by atoms with Crippen molar-refractivity contribution in [1.82, 2.24) is 5.32 Å². The summed E-state index contributed by atoms with van der Waals surface area (Å²) in [6, 6.07) is 5.21. The van der Waals surface area contributed by atoms with E-state index in [1.807, 2.05) is 6.07 Å². The van der Waals surface area contributed by atoms with Crippen molar-refractivity contribution in [2.45, 2.75) is 45.3 Å². The van der Waals surface area contributed by atoms with Crippen LogP contribution in [0.3, 0.4) is 0 Å². The van der Waals surface area contributed by atoms with Gasteiger partial charge in [0.1, 0.15) is 5.82 Å². The first-order chi connectivity index (χ1) is 9.12. The molecular weight excluding hydrogens is 309 g/mol. The molecule has 1 N–H and O–H groups in total. The van der Waals surface area contributed by atoms with E-state index in [9.17, 15) is 4.39 Å². The van der Waals surface area contributed by atoms with Crippen molar-refractivity contribution in [1.29, 1.82) is 0 Å². The van der Waals surface area contributed by atoms with Gasteiger partial charge in [-0.2, -0.15) is 0 Å². The molecule has 0 aliphatic rings. The van der Waals surface area contributed by atoms with Crippen LogP contribution in [-0.2, 0) is 11.2 Å². The molecule has 0 spiro atoms. The van der Waals surface area contributed by atoms with Crippen molar-refractivity contribution in [3.63, 3.8) is 0 Å². The molecule has 1 aromatic carbocycles. The molecule has 19 heavy (non-hydrogen) atoms. The Labute approximate surface area is 123 Å². The zero-order valence-electron chi connectivity index (χ0n) is 11.9. The van der Waals surface area contributed by atoms with Gasteiger partial charge in [0.2, 0.25) is 0 Å². The number of hydrogen-bond acceptors (Lipinski definition) is 2. The van der Waals surface area contributed by atoms with Crippen LogP contribution >= 0.6 is 15.9 Å². The summed E-state index contributed by atoms with van der Waals surface area (Å²) in [4.78, 5) is 0. The molecular formula is C15H23BrFNO. The minimum absolute atomic E-state index is 0.114. The van der Waals surface area contributed by atoms with Crippen LogP contribution in [0.5, 0.6) is 0 Å². The van der Waals surface area contributed by atoms with Crippen molar-refractivity contribution in [3.05, 3.63) is 34.1 Å². The lowest BCUT2D eigenvalue weighted by atomic mass is 9.98. The Kier molecular flexibility index (Phi) is 7.57. The van der Waals surface area contributed by atoms with E-state index < -0.39 is 0 Å². The van der Waals surface area contributed by atoms with Crippen molar-refractivity contribution >= 4 is 15.9 Å². The van der Waals surface area contributed by atoms with E-state index in [1.165, 1.54) is 6.07 Å². The second-order valence-corrected chi connectivity index (χ2v) is 5.58. The molecule has 0 aliphatic heterocycles. The Balaban J connectivity index is 2.84. The summed E-state index contributed by atoms with van der Waals surface area (Å²) in [7, 11) is 1.72. The van der Waals surface area contributed by atoms with Crippen molar-refractivity contribution < 1.29 is 9.13 Å². The lowest BCUT2D eigenvalue weighted by molar-refractivity contribution is 0.0611. The number of halogens is 2. The van der Waals surface area contributed by atoms with Crippen LogP contribution in [0.2, 0.25) is 0 Å². The first-order valence-electron chi connectivity index (χ1n) is 6.82. The molecule has 1 aromatic rings. The van der Waals surface area contributed by atoms with Gasteiger partial charge in [0.15, 0.2) is 0 Å². The Morgan fingerprint density at radius 3 is 2.68 bits per heavy atom. The maximum atomic E-state index is 13.8. The van der Waals surface area contributed by atoms with Gasteiger partial charge in [-0.15, -0.1) is 0 Å². The van der Waals surface area contributed by atoms with E-state index in [0.29, 0.717) is 6.42 Å². The van der Waals surface area contributed by atoms with Crippen LogP contribution in [0, 0.1) is 5.82 Å². The van der Waals surface area contributed by atoms with Gasteiger partial charge in [0.25, 0.3) is 0 Å². The monoisotopic (exact) mass is 331 g/mol. The summed E-state index contributed by atoms with van der Waals surface area (Å²) in [5.41, 5.74) is 0.721. The minimum Gasteiger partial charge on any atom is -0.380 e. The molecule has 0 bridgehead atoms. The first kappa shape index (κ1) is 16.6. The maximum Gasteiger partial charge on any atom is 0.126 e. The van der Waals surface area contributed by atoms with Crippen LogP contribution in [0.25, 0.3) is 0 Å². The fraction of sp³-hybridized carbons (Fsp3) is 0.600. The van der Waals surface area contributed by atoms with Crippen LogP contribution in [0.1, 0.15) is 32.3 Å². The van der Waals surface area contributed by atoms with Gasteiger partial charge in [-0.25, -0.2) is 4.39 Å². The molecule has 2 unspecified atom stereocenters. The van der Waals surface area contributed by atoms with Crippen LogP contribution in [-0.4, -0.2) is 25.8 Å². The second kappa shape index (κ2) is 8.67. The fourth-order valence-electron chi connectivity index (χ4n) is 2.30. The van der Waals surface area contributed by atoms with Crippen molar-refractivity contribution in [2.24, 2.45) is 0 Å². The molecule has 0 radical (unpaired) electrons. The lowest BCUT2D eigenvalue weighted by Crippen LogP contribution is -2.42. The number of hydrogen-bond donors (Lipinski definition) is 1.